The summed E-state index contributed by atoms with van der Waals surface area (Å²) < 4.78 is 11.0. The van der Waals surface area contributed by atoms with Gasteiger partial charge in [0.15, 0.2) is 5.78 Å². The van der Waals surface area contributed by atoms with Gasteiger partial charge in [-0.05, 0) is 38.8 Å². The van der Waals surface area contributed by atoms with E-state index < -0.39 is 0 Å². The summed E-state index contributed by atoms with van der Waals surface area (Å²) in [5.74, 6) is 0.508. The van der Waals surface area contributed by atoms with Crippen LogP contribution in [0.25, 0.3) is 0 Å². The number of aryl methyl sites for hydroxylation is 2. The van der Waals surface area contributed by atoms with Crippen LogP contribution in [0, 0.1) is 19.8 Å². The maximum Gasteiger partial charge on any atom is 0.191 e. The molecule has 3 nitrogen and oxygen atoms in total. The molecule has 0 N–H and O–H groups in total. The predicted molar refractivity (Wildman–Crippen MR) is 74.6 cm³/mol. The normalized spacial score (nSPS) is 20.5. The summed E-state index contributed by atoms with van der Waals surface area (Å²) in [5, 5.41) is 0. The summed E-state index contributed by atoms with van der Waals surface area (Å²) in [6.07, 6.45) is 0.644. The van der Waals surface area contributed by atoms with E-state index in [0.717, 1.165) is 36.3 Å². The molecule has 104 valence electrons. The second-order valence-electron chi connectivity index (χ2n) is 5.39. The fraction of sp³-hybridized carbons (Fsp3) is 0.562. The van der Waals surface area contributed by atoms with Gasteiger partial charge in [0.1, 0.15) is 6.10 Å². The first kappa shape index (κ1) is 14.2. The van der Waals surface area contributed by atoms with Gasteiger partial charge >= 0.3 is 0 Å². The van der Waals surface area contributed by atoms with Crippen molar-refractivity contribution in [2.75, 3.05) is 19.8 Å². The third kappa shape index (κ3) is 3.64. The van der Waals surface area contributed by atoms with Crippen molar-refractivity contribution in [2.24, 2.45) is 5.92 Å². The van der Waals surface area contributed by atoms with Crippen LogP contribution in [0.1, 0.15) is 34.8 Å². The molecule has 2 unspecified atom stereocenters. The van der Waals surface area contributed by atoms with E-state index in [0.29, 0.717) is 12.5 Å². The molecule has 1 aromatic carbocycles. The van der Waals surface area contributed by atoms with Crippen LogP contribution in [0.4, 0.5) is 0 Å². The molecular weight excluding hydrogens is 240 g/mol. The first-order valence-corrected chi connectivity index (χ1v) is 6.88. The van der Waals surface area contributed by atoms with E-state index in [4.69, 9.17) is 9.47 Å². The lowest BCUT2D eigenvalue weighted by Gasteiger charge is -2.16. The van der Waals surface area contributed by atoms with E-state index >= 15 is 0 Å². The van der Waals surface area contributed by atoms with Crippen molar-refractivity contribution in [3.05, 3.63) is 34.9 Å². The Labute approximate surface area is 114 Å². The molecule has 1 heterocycles. The molecule has 3 heteroatoms. The Balaban J connectivity index is 1.95. The largest absolute Gasteiger partial charge is 0.381 e. The SMILES string of the molecule is Cc1ccc(C)c(C(=O)C(C)OCC2CCOC2)c1. The molecule has 0 aromatic heterocycles. The number of hydrogen-bond donors (Lipinski definition) is 0. The second kappa shape index (κ2) is 6.31. The smallest absolute Gasteiger partial charge is 0.191 e. The molecule has 1 aromatic rings. The van der Waals surface area contributed by atoms with Crippen LogP contribution in [0.15, 0.2) is 18.2 Å². The second-order valence-corrected chi connectivity index (χ2v) is 5.39. The van der Waals surface area contributed by atoms with Crippen molar-refractivity contribution in [3.63, 3.8) is 0 Å². The summed E-state index contributed by atoms with van der Waals surface area (Å²) in [6, 6.07) is 5.95. The number of hydrogen-bond acceptors (Lipinski definition) is 3. The van der Waals surface area contributed by atoms with Crippen LogP contribution in [-0.2, 0) is 9.47 Å². The first-order valence-electron chi connectivity index (χ1n) is 6.88. The number of benzene rings is 1. The van der Waals surface area contributed by atoms with Gasteiger partial charge in [-0.25, -0.2) is 0 Å². The molecule has 1 fully saturated rings. The lowest BCUT2D eigenvalue weighted by Crippen LogP contribution is -2.25. The lowest BCUT2D eigenvalue weighted by atomic mass is 9.99. The average molecular weight is 262 g/mol. The quantitative estimate of drug-likeness (QED) is 0.765. The molecule has 1 saturated heterocycles. The number of Topliss-reactive ketones (excluding diaryl/α,β-unsaturated/α-hetero) is 1. The van der Waals surface area contributed by atoms with Crippen LogP contribution < -0.4 is 0 Å². The van der Waals surface area contributed by atoms with Crippen molar-refractivity contribution < 1.29 is 14.3 Å². The third-order valence-corrected chi connectivity index (χ3v) is 3.63. The monoisotopic (exact) mass is 262 g/mol. The van der Waals surface area contributed by atoms with Gasteiger partial charge in [0.25, 0.3) is 0 Å². The Morgan fingerprint density at radius 2 is 2.26 bits per heavy atom. The number of ketones is 1. The fourth-order valence-electron chi connectivity index (χ4n) is 2.29. The van der Waals surface area contributed by atoms with Gasteiger partial charge in [-0.2, -0.15) is 0 Å². The summed E-state index contributed by atoms with van der Waals surface area (Å²) in [5.41, 5.74) is 2.88. The van der Waals surface area contributed by atoms with E-state index in [1.165, 1.54) is 0 Å². The van der Waals surface area contributed by atoms with E-state index in [-0.39, 0.29) is 11.9 Å². The molecule has 2 rings (SSSR count). The number of carbonyl (C=O) groups excluding carboxylic acids is 1. The summed E-state index contributed by atoms with van der Waals surface area (Å²) in [7, 11) is 0. The van der Waals surface area contributed by atoms with Crippen molar-refractivity contribution >= 4 is 5.78 Å². The molecule has 0 spiro atoms. The zero-order valence-electron chi connectivity index (χ0n) is 11.9. The van der Waals surface area contributed by atoms with Gasteiger partial charge in [0.05, 0.1) is 13.2 Å². The summed E-state index contributed by atoms with van der Waals surface area (Å²) in [6.45, 7) is 7.97. The van der Waals surface area contributed by atoms with Crippen LogP contribution >= 0.6 is 0 Å². The standard InChI is InChI=1S/C16H22O3/c1-11-4-5-12(2)15(8-11)16(17)13(3)19-10-14-6-7-18-9-14/h4-5,8,13-14H,6-7,9-10H2,1-3H3. The van der Waals surface area contributed by atoms with Crippen molar-refractivity contribution in [2.45, 2.75) is 33.3 Å². The summed E-state index contributed by atoms with van der Waals surface area (Å²) >= 11 is 0. The molecule has 0 amide bonds. The molecule has 1 aliphatic rings. The predicted octanol–water partition coefficient (Wildman–Crippen LogP) is 2.93. The van der Waals surface area contributed by atoms with E-state index in [1.54, 1.807) is 0 Å². The van der Waals surface area contributed by atoms with Crippen molar-refractivity contribution in [1.29, 1.82) is 0 Å². The highest BCUT2D eigenvalue weighted by Gasteiger charge is 2.21. The van der Waals surface area contributed by atoms with Gasteiger partial charge in [0.2, 0.25) is 0 Å². The Morgan fingerprint density at radius 3 is 2.95 bits per heavy atom. The van der Waals surface area contributed by atoms with Gasteiger partial charge in [-0.15, -0.1) is 0 Å². The first-order chi connectivity index (χ1) is 9.08. The molecule has 0 aliphatic carbocycles. The van der Waals surface area contributed by atoms with Crippen LogP contribution in [-0.4, -0.2) is 31.7 Å². The van der Waals surface area contributed by atoms with E-state index in [1.807, 2.05) is 39.0 Å². The Hall–Kier alpha value is -1.19. The van der Waals surface area contributed by atoms with Crippen LogP contribution in [0.2, 0.25) is 0 Å². The minimum Gasteiger partial charge on any atom is -0.381 e. The zero-order valence-corrected chi connectivity index (χ0v) is 11.9. The fourth-order valence-corrected chi connectivity index (χ4v) is 2.29. The molecule has 1 aliphatic heterocycles. The Morgan fingerprint density at radius 1 is 1.47 bits per heavy atom. The van der Waals surface area contributed by atoms with Crippen LogP contribution in [0.3, 0.4) is 0 Å². The lowest BCUT2D eigenvalue weighted by molar-refractivity contribution is 0.0321. The molecule has 0 bridgehead atoms. The Bertz CT molecular complexity index is 447. The number of rotatable bonds is 5. The molecule has 2 atom stereocenters. The van der Waals surface area contributed by atoms with Gasteiger partial charge in [-0.3, -0.25) is 4.79 Å². The topological polar surface area (TPSA) is 35.5 Å². The number of ether oxygens (including phenoxy) is 2. The highest BCUT2D eigenvalue weighted by Crippen LogP contribution is 2.17. The number of carbonyl (C=O) groups is 1. The van der Waals surface area contributed by atoms with Gasteiger partial charge < -0.3 is 9.47 Å². The van der Waals surface area contributed by atoms with E-state index in [9.17, 15) is 4.79 Å². The van der Waals surface area contributed by atoms with E-state index in [2.05, 4.69) is 0 Å². The van der Waals surface area contributed by atoms with Gasteiger partial charge in [0, 0.05) is 18.1 Å². The average Bonchev–Trinajstić information content (AvgIpc) is 2.91. The molecule has 0 radical (unpaired) electrons. The van der Waals surface area contributed by atoms with Crippen molar-refractivity contribution in [3.8, 4) is 0 Å². The maximum absolute atomic E-state index is 12.4. The molecular formula is C16H22O3. The third-order valence-electron chi connectivity index (χ3n) is 3.63. The highest BCUT2D eigenvalue weighted by atomic mass is 16.5. The summed E-state index contributed by atoms with van der Waals surface area (Å²) in [4.78, 5) is 12.4. The van der Waals surface area contributed by atoms with Crippen molar-refractivity contribution in [1.82, 2.24) is 0 Å². The Kier molecular flexibility index (Phi) is 4.72. The van der Waals surface area contributed by atoms with Crippen LogP contribution in [0.5, 0.6) is 0 Å². The van der Waals surface area contributed by atoms with Gasteiger partial charge in [-0.1, -0.05) is 17.7 Å². The molecule has 19 heavy (non-hydrogen) atoms. The molecule has 0 saturated carbocycles. The zero-order chi connectivity index (χ0) is 13.8. The minimum absolute atomic E-state index is 0.0696. The highest BCUT2D eigenvalue weighted by molar-refractivity contribution is 6.00. The minimum atomic E-state index is -0.388. The maximum atomic E-state index is 12.4.